The third-order valence-corrected chi connectivity index (χ3v) is 4.51. The molecule has 0 atom stereocenters. The second kappa shape index (κ2) is 7.96. The summed E-state index contributed by atoms with van der Waals surface area (Å²) in [6.07, 6.45) is 1.02. The fourth-order valence-electron chi connectivity index (χ4n) is 2.05. The molecule has 2 rings (SSSR count). The molecule has 138 valence electrons. The Hall–Kier alpha value is -2.94. The van der Waals surface area contributed by atoms with Crippen LogP contribution in [0.1, 0.15) is 25.0 Å². The minimum absolute atomic E-state index is 0.0675. The van der Waals surface area contributed by atoms with Crippen molar-refractivity contribution in [3.63, 3.8) is 0 Å². The van der Waals surface area contributed by atoms with E-state index in [1.807, 2.05) is 20.8 Å². The van der Waals surface area contributed by atoms with Gasteiger partial charge >= 0.3 is 0 Å². The number of sulfonamides is 1. The van der Waals surface area contributed by atoms with E-state index in [4.69, 9.17) is 4.74 Å². The molecule has 0 bridgehead atoms. The second-order valence-electron chi connectivity index (χ2n) is 5.81. The first-order chi connectivity index (χ1) is 12.2. The van der Waals surface area contributed by atoms with Gasteiger partial charge in [-0.1, -0.05) is 17.7 Å². The van der Waals surface area contributed by atoms with Gasteiger partial charge in [0.15, 0.2) is 0 Å². The Balaban J connectivity index is 2.26. The van der Waals surface area contributed by atoms with Crippen LogP contribution in [0.5, 0.6) is 5.75 Å². The molecule has 0 radical (unpaired) electrons. The molecule has 1 N–H and O–H groups in total. The summed E-state index contributed by atoms with van der Waals surface area (Å²) in [5.74, 6) is 0.365. The maximum Gasteiger partial charge on any atom is 0.276 e. The van der Waals surface area contributed by atoms with E-state index in [1.54, 1.807) is 12.1 Å². The molecule has 0 aliphatic rings. The number of rotatable bonds is 7. The predicted molar refractivity (Wildman–Crippen MR) is 98.0 cm³/mol. The van der Waals surface area contributed by atoms with Gasteiger partial charge in [-0.15, -0.1) is 0 Å². The first kappa shape index (κ1) is 19.4. The Morgan fingerprint density at radius 2 is 1.85 bits per heavy atom. The Morgan fingerprint density at radius 3 is 2.42 bits per heavy atom. The molecule has 0 aliphatic carbocycles. The lowest BCUT2D eigenvalue weighted by Crippen LogP contribution is -2.18. The average Bonchev–Trinajstić information content (AvgIpc) is 2.56. The highest BCUT2D eigenvalue weighted by atomic mass is 32.2. The Kier molecular flexibility index (Phi) is 5.93. The SMILES string of the molecule is Cc1ccc(S(=O)(=O)NN=Cc2cc([N+](=O)[O-])ccc2OC(C)C)cc1. The van der Waals surface area contributed by atoms with Crippen LogP contribution in [0.25, 0.3) is 0 Å². The maximum atomic E-state index is 12.2. The van der Waals surface area contributed by atoms with Crippen molar-refractivity contribution in [2.24, 2.45) is 5.10 Å². The number of nitro benzene ring substituents is 1. The molecule has 0 fully saturated rings. The molecule has 0 unspecified atom stereocenters. The fourth-order valence-corrected chi connectivity index (χ4v) is 2.84. The zero-order valence-electron chi connectivity index (χ0n) is 14.5. The summed E-state index contributed by atoms with van der Waals surface area (Å²) >= 11 is 0. The number of nitro groups is 1. The van der Waals surface area contributed by atoms with E-state index in [2.05, 4.69) is 9.93 Å². The van der Waals surface area contributed by atoms with Gasteiger partial charge in [-0.25, -0.2) is 4.83 Å². The van der Waals surface area contributed by atoms with Crippen molar-refractivity contribution < 1.29 is 18.1 Å². The van der Waals surface area contributed by atoms with E-state index < -0.39 is 14.9 Å². The van der Waals surface area contributed by atoms with Crippen molar-refractivity contribution in [3.05, 3.63) is 63.7 Å². The third-order valence-electron chi connectivity index (χ3n) is 3.27. The first-order valence-corrected chi connectivity index (χ1v) is 9.24. The van der Waals surface area contributed by atoms with Crippen molar-refractivity contribution in [2.45, 2.75) is 31.8 Å². The van der Waals surface area contributed by atoms with Gasteiger partial charge in [-0.05, 0) is 39.0 Å². The lowest BCUT2D eigenvalue weighted by Gasteiger charge is -2.12. The molecule has 0 aliphatic heterocycles. The summed E-state index contributed by atoms with van der Waals surface area (Å²) in [7, 11) is -3.83. The van der Waals surface area contributed by atoms with Gasteiger partial charge in [-0.2, -0.15) is 13.5 Å². The Morgan fingerprint density at radius 1 is 1.19 bits per heavy atom. The van der Waals surface area contributed by atoms with Crippen molar-refractivity contribution in [2.75, 3.05) is 0 Å². The molecule has 0 spiro atoms. The van der Waals surface area contributed by atoms with Crippen molar-refractivity contribution in [3.8, 4) is 5.75 Å². The monoisotopic (exact) mass is 377 g/mol. The van der Waals surface area contributed by atoms with Gasteiger partial charge in [0.25, 0.3) is 15.7 Å². The fraction of sp³-hybridized carbons (Fsp3) is 0.235. The largest absolute Gasteiger partial charge is 0.490 e. The normalized spacial score (nSPS) is 11.7. The van der Waals surface area contributed by atoms with Gasteiger partial charge in [-0.3, -0.25) is 10.1 Å². The summed E-state index contributed by atoms with van der Waals surface area (Å²) in [5, 5.41) is 14.7. The van der Waals surface area contributed by atoms with Crippen LogP contribution in [0.15, 0.2) is 52.5 Å². The first-order valence-electron chi connectivity index (χ1n) is 7.75. The van der Waals surface area contributed by atoms with Crippen molar-refractivity contribution in [1.29, 1.82) is 0 Å². The molecular formula is C17H19N3O5S. The van der Waals surface area contributed by atoms with Gasteiger partial charge in [0.05, 0.1) is 22.1 Å². The highest BCUT2D eigenvalue weighted by Crippen LogP contribution is 2.23. The summed E-state index contributed by atoms with van der Waals surface area (Å²) in [6, 6.07) is 10.3. The minimum Gasteiger partial charge on any atom is -0.490 e. The third kappa shape index (κ3) is 5.03. The minimum atomic E-state index is -3.83. The molecule has 0 aromatic heterocycles. The number of non-ortho nitro benzene ring substituents is 1. The Labute approximate surface area is 151 Å². The smallest absolute Gasteiger partial charge is 0.276 e. The van der Waals surface area contributed by atoms with E-state index in [1.165, 1.54) is 36.5 Å². The van der Waals surface area contributed by atoms with Crippen LogP contribution in [0.3, 0.4) is 0 Å². The number of hydrogen-bond acceptors (Lipinski definition) is 6. The topological polar surface area (TPSA) is 111 Å². The van der Waals surface area contributed by atoms with E-state index in [0.717, 1.165) is 5.56 Å². The highest BCUT2D eigenvalue weighted by molar-refractivity contribution is 7.89. The highest BCUT2D eigenvalue weighted by Gasteiger charge is 2.14. The molecule has 0 amide bonds. The number of hydrazone groups is 1. The number of aryl methyl sites for hydroxylation is 1. The van der Waals surface area contributed by atoms with Crippen LogP contribution >= 0.6 is 0 Å². The number of hydrogen-bond donors (Lipinski definition) is 1. The summed E-state index contributed by atoms with van der Waals surface area (Å²) in [6.45, 7) is 5.46. The zero-order chi connectivity index (χ0) is 19.3. The molecule has 0 heterocycles. The van der Waals surface area contributed by atoms with Crippen molar-refractivity contribution >= 4 is 21.9 Å². The number of benzene rings is 2. The van der Waals surface area contributed by atoms with E-state index in [9.17, 15) is 18.5 Å². The van der Waals surface area contributed by atoms with E-state index in [0.29, 0.717) is 11.3 Å². The summed E-state index contributed by atoms with van der Waals surface area (Å²) in [5.41, 5.74) is 1.07. The molecule has 0 saturated heterocycles. The van der Waals surface area contributed by atoms with Crippen molar-refractivity contribution in [1.82, 2.24) is 4.83 Å². The molecule has 2 aromatic rings. The maximum absolute atomic E-state index is 12.2. The van der Waals surface area contributed by atoms with Crippen LogP contribution in [0.2, 0.25) is 0 Å². The van der Waals surface area contributed by atoms with E-state index in [-0.39, 0.29) is 16.7 Å². The van der Waals surface area contributed by atoms with Crippen LogP contribution in [0, 0.1) is 17.0 Å². The Bertz CT molecular complexity index is 922. The lowest BCUT2D eigenvalue weighted by molar-refractivity contribution is -0.384. The molecule has 2 aromatic carbocycles. The van der Waals surface area contributed by atoms with Gasteiger partial charge < -0.3 is 4.74 Å². The molecular weight excluding hydrogens is 358 g/mol. The second-order valence-corrected chi connectivity index (χ2v) is 7.47. The van der Waals surface area contributed by atoms with Gasteiger partial charge in [0.1, 0.15) is 5.75 Å². The summed E-state index contributed by atoms with van der Waals surface area (Å²) < 4.78 is 30.0. The molecule has 26 heavy (non-hydrogen) atoms. The average molecular weight is 377 g/mol. The van der Waals surface area contributed by atoms with Crippen LogP contribution in [-0.2, 0) is 10.0 Å². The molecule has 9 heteroatoms. The van der Waals surface area contributed by atoms with Crippen LogP contribution in [0.4, 0.5) is 5.69 Å². The van der Waals surface area contributed by atoms with Gasteiger partial charge in [0, 0.05) is 17.7 Å². The molecule has 0 saturated carbocycles. The van der Waals surface area contributed by atoms with Crippen LogP contribution in [-0.4, -0.2) is 25.7 Å². The number of nitrogens with one attached hydrogen (secondary N) is 1. The number of ether oxygens (including phenoxy) is 1. The zero-order valence-corrected chi connectivity index (χ0v) is 15.4. The lowest BCUT2D eigenvalue weighted by atomic mass is 10.2. The van der Waals surface area contributed by atoms with E-state index >= 15 is 0 Å². The quantitative estimate of drug-likeness (QED) is 0.453. The number of nitrogens with zero attached hydrogens (tertiary/aromatic N) is 2. The van der Waals surface area contributed by atoms with Crippen LogP contribution < -0.4 is 9.57 Å². The summed E-state index contributed by atoms with van der Waals surface area (Å²) in [4.78, 5) is 12.5. The standard InChI is InChI=1S/C17H19N3O5S/c1-12(2)25-17-9-6-15(20(21)22)10-14(17)11-18-19-26(23,24)16-7-4-13(3)5-8-16/h4-12,19H,1-3H3. The predicted octanol–water partition coefficient (Wildman–Crippen LogP) is 3.00. The molecule has 8 nitrogen and oxygen atoms in total. The van der Waals surface area contributed by atoms with Gasteiger partial charge in [0.2, 0.25) is 0 Å².